The molecule has 2 heterocycles. The molecule has 0 unspecified atom stereocenters. The predicted octanol–water partition coefficient (Wildman–Crippen LogP) is 2.71. The number of aryl methyl sites for hydroxylation is 1. The summed E-state index contributed by atoms with van der Waals surface area (Å²) in [5.41, 5.74) is 1.99. The van der Waals surface area contributed by atoms with E-state index in [9.17, 15) is 9.59 Å². The second kappa shape index (κ2) is 7.79. The fourth-order valence-electron chi connectivity index (χ4n) is 2.53. The van der Waals surface area contributed by atoms with Gasteiger partial charge in [0.05, 0.1) is 26.2 Å². The Labute approximate surface area is 157 Å². The van der Waals surface area contributed by atoms with Gasteiger partial charge in [-0.2, -0.15) is 0 Å². The first-order valence-corrected chi connectivity index (χ1v) is 9.37. The van der Waals surface area contributed by atoms with Crippen LogP contribution >= 0.6 is 27.3 Å². The molecule has 3 rings (SSSR count). The number of rotatable bonds is 6. The first-order chi connectivity index (χ1) is 12.0. The number of fused-ring (bicyclic) bond motifs is 1. The maximum Gasteiger partial charge on any atom is 0.261 e. The third-order valence-corrected chi connectivity index (χ3v) is 5.33. The molecule has 0 fully saturated rings. The summed E-state index contributed by atoms with van der Waals surface area (Å²) >= 11 is 4.64. The molecular weight excluding hydrogens is 404 g/mol. The van der Waals surface area contributed by atoms with Crippen molar-refractivity contribution >= 4 is 50.1 Å². The Hall–Kier alpha value is -2.19. The summed E-state index contributed by atoms with van der Waals surface area (Å²) in [6.45, 7) is 3.00. The Bertz CT molecular complexity index is 918. The highest BCUT2D eigenvalue weighted by atomic mass is 79.9. The molecule has 0 radical (unpaired) electrons. The molecule has 3 aromatic rings. The predicted molar refractivity (Wildman–Crippen MR) is 102 cm³/mol. The van der Waals surface area contributed by atoms with Crippen LogP contribution in [0.25, 0.3) is 11.0 Å². The average Bonchev–Trinajstić information content (AvgIpc) is 3.16. The van der Waals surface area contributed by atoms with Crippen LogP contribution in [0.1, 0.15) is 15.5 Å². The number of hydrogen-bond donors (Lipinski definition) is 2. The molecule has 2 N–H and O–H groups in total. The Morgan fingerprint density at radius 1 is 1.20 bits per heavy atom. The third kappa shape index (κ3) is 4.26. The molecular formula is C17H17BrN4O2S. The number of carbonyl (C=O) groups is 2. The molecule has 6 nitrogen and oxygen atoms in total. The molecule has 0 saturated heterocycles. The number of carbonyl (C=O) groups excluding carboxylic acids is 2. The number of halogens is 1. The van der Waals surface area contributed by atoms with Crippen molar-refractivity contribution in [3.63, 3.8) is 0 Å². The van der Waals surface area contributed by atoms with Gasteiger partial charge in [0.1, 0.15) is 5.82 Å². The Morgan fingerprint density at radius 2 is 2.00 bits per heavy atom. The summed E-state index contributed by atoms with van der Waals surface area (Å²) in [6.07, 6.45) is 0. The van der Waals surface area contributed by atoms with E-state index >= 15 is 0 Å². The molecule has 0 aliphatic heterocycles. The van der Waals surface area contributed by atoms with Gasteiger partial charge in [-0.25, -0.2) is 4.98 Å². The molecule has 2 aromatic heterocycles. The molecule has 0 atom stereocenters. The normalized spacial score (nSPS) is 10.8. The van der Waals surface area contributed by atoms with E-state index in [0.29, 0.717) is 18.0 Å². The standard InChI is InChI=1S/C17H17BrN4O2S/c1-11-21-12-4-2-3-5-13(12)22(11)9-8-19-16(23)10-20-17(24)14-6-7-15(18)25-14/h2-7H,8-10H2,1H3,(H,19,23)(H,20,24). The molecule has 0 aliphatic rings. The number of hydrogen-bond acceptors (Lipinski definition) is 4. The van der Waals surface area contributed by atoms with Crippen LogP contribution in [0.4, 0.5) is 0 Å². The zero-order valence-corrected chi connectivity index (χ0v) is 16.0. The maximum atomic E-state index is 11.9. The van der Waals surface area contributed by atoms with Crippen LogP contribution in [0.5, 0.6) is 0 Å². The first kappa shape index (κ1) is 17.6. The van der Waals surface area contributed by atoms with Crippen LogP contribution in [0.3, 0.4) is 0 Å². The maximum absolute atomic E-state index is 11.9. The molecule has 0 bridgehead atoms. The quantitative estimate of drug-likeness (QED) is 0.643. The van der Waals surface area contributed by atoms with Gasteiger partial charge >= 0.3 is 0 Å². The van der Waals surface area contributed by atoms with Crippen molar-refractivity contribution < 1.29 is 9.59 Å². The van der Waals surface area contributed by atoms with Crippen LogP contribution in [0.15, 0.2) is 40.2 Å². The largest absolute Gasteiger partial charge is 0.353 e. The van der Waals surface area contributed by atoms with Gasteiger partial charge in [-0.3, -0.25) is 9.59 Å². The summed E-state index contributed by atoms with van der Waals surface area (Å²) in [5, 5.41) is 5.43. The van der Waals surface area contributed by atoms with Gasteiger partial charge in [-0.05, 0) is 47.1 Å². The SMILES string of the molecule is Cc1nc2ccccc2n1CCNC(=O)CNC(=O)c1ccc(Br)s1. The van der Waals surface area contributed by atoms with Gasteiger partial charge in [0.25, 0.3) is 5.91 Å². The van der Waals surface area contributed by atoms with E-state index in [-0.39, 0.29) is 18.4 Å². The van der Waals surface area contributed by atoms with Crippen LogP contribution in [-0.2, 0) is 11.3 Å². The van der Waals surface area contributed by atoms with Gasteiger partial charge < -0.3 is 15.2 Å². The van der Waals surface area contributed by atoms with E-state index in [0.717, 1.165) is 20.6 Å². The van der Waals surface area contributed by atoms with Gasteiger partial charge in [0.2, 0.25) is 5.91 Å². The van der Waals surface area contributed by atoms with E-state index in [1.165, 1.54) is 11.3 Å². The summed E-state index contributed by atoms with van der Waals surface area (Å²) in [7, 11) is 0. The molecule has 0 aliphatic carbocycles. The number of nitrogens with one attached hydrogen (secondary N) is 2. The highest BCUT2D eigenvalue weighted by Gasteiger charge is 2.11. The molecule has 25 heavy (non-hydrogen) atoms. The van der Waals surface area contributed by atoms with Crippen molar-refractivity contribution in [2.24, 2.45) is 0 Å². The molecule has 0 saturated carbocycles. The molecule has 2 amide bonds. The van der Waals surface area contributed by atoms with Crippen molar-refractivity contribution in [3.8, 4) is 0 Å². The number of para-hydroxylation sites is 2. The highest BCUT2D eigenvalue weighted by Crippen LogP contribution is 2.21. The summed E-state index contributed by atoms with van der Waals surface area (Å²) < 4.78 is 2.95. The number of thiophene rings is 1. The number of nitrogens with zero attached hydrogens (tertiary/aromatic N) is 2. The number of benzene rings is 1. The fraction of sp³-hybridized carbons (Fsp3) is 0.235. The van der Waals surface area contributed by atoms with Crippen molar-refractivity contribution in [3.05, 3.63) is 50.9 Å². The van der Waals surface area contributed by atoms with Crippen molar-refractivity contribution in [1.82, 2.24) is 20.2 Å². The smallest absolute Gasteiger partial charge is 0.261 e. The van der Waals surface area contributed by atoms with Crippen molar-refractivity contribution in [1.29, 1.82) is 0 Å². The minimum Gasteiger partial charge on any atom is -0.353 e. The van der Waals surface area contributed by atoms with Gasteiger partial charge in [-0.15, -0.1) is 11.3 Å². The summed E-state index contributed by atoms with van der Waals surface area (Å²) in [5.74, 6) is 0.445. The topological polar surface area (TPSA) is 76.0 Å². The van der Waals surface area contributed by atoms with Crippen molar-refractivity contribution in [2.75, 3.05) is 13.1 Å². The van der Waals surface area contributed by atoms with E-state index in [1.54, 1.807) is 12.1 Å². The zero-order chi connectivity index (χ0) is 17.8. The van der Waals surface area contributed by atoms with Gasteiger partial charge in [0.15, 0.2) is 0 Å². The monoisotopic (exact) mass is 420 g/mol. The third-order valence-electron chi connectivity index (χ3n) is 3.71. The van der Waals surface area contributed by atoms with Crippen LogP contribution in [0, 0.1) is 6.92 Å². The fourth-order valence-corrected chi connectivity index (χ4v) is 3.83. The number of aromatic nitrogens is 2. The lowest BCUT2D eigenvalue weighted by molar-refractivity contribution is -0.120. The van der Waals surface area contributed by atoms with Gasteiger partial charge in [0, 0.05) is 13.1 Å². The van der Waals surface area contributed by atoms with Crippen LogP contribution in [0.2, 0.25) is 0 Å². The van der Waals surface area contributed by atoms with Crippen LogP contribution in [-0.4, -0.2) is 34.5 Å². The Balaban J connectivity index is 1.48. The Morgan fingerprint density at radius 3 is 2.76 bits per heavy atom. The number of amides is 2. The lowest BCUT2D eigenvalue weighted by atomic mass is 10.3. The lowest BCUT2D eigenvalue weighted by Gasteiger charge is -2.09. The summed E-state index contributed by atoms with van der Waals surface area (Å²) in [6, 6.07) is 11.4. The zero-order valence-electron chi connectivity index (χ0n) is 13.6. The minimum atomic E-state index is -0.248. The van der Waals surface area contributed by atoms with E-state index in [2.05, 4.69) is 36.1 Å². The lowest BCUT2D eigenvalue weighted by Crippen LogP contribution is -2.38. The second-order valence-electron chi connectivity index (χ2n) is 5.44. The molecule has 1 aromatic carbocycles. The molecule has 130 valence electrons. The molecule has 8 heteroatoms. The van der Waals surface area contributed by atoms with E-state index in [4.69, 9.17) is 0 Å². The van der Waals surface area contributed by atoms with E-state index in [1.807, 2.05) is 31.2 Å². The van der Waals surface area contributed by atoms with Crippen molar-refractivity contribution in [2.45, 2.75) is 13.5 Å². The first-order valence-electron chi connectivity index (χ1n) is 7.76. The van der Waals surface area contributed by atoms with E-state index < -0.39 is 0 Å². The minimum absolute atomic E-state index is 0.0436. The molecule has 0 spiro atoms. The second-order valence-corrected chi connectivity index (χ2v) is 7.90. The summed E-state index contributed by atoms with van der Waals surface area (Å²) in [4.78, 5) is 28.9. The van der Waals surface area contributed by atoms with Crippen LogP contribution < -0.4 is 10.6 Å². The average molecular weight is 421 g/mol. The highest BCUT2D eigenvalue weighted by molar-refractivity contribution is 9.11. The number of imidazole rings is 1. The Kier molecular flexibility index (Phi) is 5.50. The van der Waals surface area contributed by atoms with Gasteiger partial charge in [-0.1, -0.05) is 12.1 Å².